The number of aromatic amines is 1. The van der Waals surface area contributed by atoms with E-state index in [0.717, 1.165) is 18.4 Å². The van der Waals surface area contributed by atoms with Crippen molar-refractivity contribution in [2.24, 2.45) is 0 Å². The summed E-state index contributed by atoms with van der Waals surface area (Å²) in [7, 11) is 0. The summed E-state index contributed by atoms with van der Waals surface area (Å²) in [4.78, 5) is 24.2. The summed E-state index contributed by atoms with van der Waals surface area (Å²) in [5, 5.41) is 8.01. The van der Waals surface area contributed by atoms with Gasteiger partial charge in [-0.1, -0.05) is 6.07 Å². The molecule has 28 heavy (non-hydrogen) atoms. The van der Waals surface area contributed by atoms with E-state index < -0.39 is 0 Å². The van der Waals surface area contributed by atoms with Crippen LogP contribution in [-0.2, 0) is 12.1 Å². The zero-order chi connectivity index (χ0) is 19.7. The zero-order valence-electron chi connectivity index (χ0n) is 16.5. The van der Waals surface area contributed by atoms with E-state index in [1.807, 2.05) is 32.9 Å². The van der Waals surface area contributed by atoms with Gasteiger partial charge in [-0.3, -0.25) is 9.78 Å². The number of nitrogens with one attached hydrogen (secondary N) is 2. The van der Waals surface area contributed by atoms with E-state index >= 15 is 0 Å². The van der Waals surface area contributed by atoms with Crippen molar-refractivity contribution >= 4 is 17.0 Å². The molecule has 0 amide bonds. The second kappa shape index (κ2) is 7.26. The summed E-state index contributed by atoms with van der Waals surface area (Å²) in [6.45, 7) is 6.53. The van der Waals surface area contributed by atoms with Crippen LogP contribution in [0.25, 0.3) is 11.0 Å². The molecular weight excluding hydrogens is 356 g/mol. The van der Waals surface area contributed by atoms with Crippen molar-refractivity contribution in [3.63, 3.8) is 0 Å². The maximum Gasteiger partial charge on any atom is 0.263 e. The monoisotopic (exact) mass is 382 g/mol. The van der Waals surface area contributed by atoms with Crippen molar-refractivity contribution in [1.82, 2.24) is 24.7 Å². The quantitative estimate of drug-likeness (QED) is 0.703. The molecule has 0 aliphatic heterocycles. The number of hydrogen-bond acceptors (Lipinski definition) is 6. The SMILES string of the molecule is CC(C)(C)n1ncc2c(=O)[nH]c(NCc3cccnc3OC3CCCC3)nc21. The predicted molar refractivity (Wildman–Crippen MR) is 108 cm³/mol. The smallest absolute Gasteiger partial charge is 0.263 e. The Balaban J connectivity index is 1.57. The van der Waals surface area contributed by atoms with Crippen molar-refractivity contribution in [2.75, 3.05) is 5.32 Å². The van der Waals surface area contributed by atoms with Crippen molar-refractivity contribution in [3.8, 4) is 5.88 Å². The zero-order valence-corrected chi connectivity index (χ0v) is 16.5. The molecule has 4 rings (SSSR count). The normalized spacial score (nSPS) is 15.2. The number of rotatable bonds is 5. The number of anilines is 1. The third kappa shape index (κ3) is 3.72. The average Bonchev–Trinajstić information content (AvgIpc) is 3.30. The summed E-state index contributed by atoms with van der Waals surface area (Å²) in [5.41, 5.74) is 1.01. The van der Waals surface area contributed by atoms with E-state index in [-0.39, 0.29) is 17.2 Å². The third-order valence-corrected chi connectivity index (χ3v) is 4.95. The molecule has 1 saturated carbocycles. The van der Waals surface area contributed by atoms with Crippen LogP contribution in [0.2, 0.25) is 0 Å². The molecule has 0 radical (unpaired) electrons. The van der Waals surface area contributed by atoms with Crippen LogP contribution in [0.15, 0.2) is 29.3 Å². The first-order valence-corrected chi connectivity index (χ1v) is 9.75. The number of aromatic nitrogens is 5. The number of nitrogens with zero attached hydrogens (tertiary/aromatic N) is 4. The van der Waals surface area contributed by atoms with Gasteiger partial charge in [0.2, 0.25) is 11.8 Å². The Morgan fingerprint density at radius 3 is 2.86 bits per heavy atom. The lowest BCUT2D eigenvalue weighted by Crippen LogP contribution is -2.24. The fourth-order valence-corrected chi connectivity index (χ4v) is 3.50. The predicted octanol–water partition coefficient (Wildman–Crippen LogP) is 3.20. The van der Waals surface area contributed by atoms with Gasteiger partial charge in [-0.05, 0) is 52.5 Å². The highest BCUT2D eigenvalue weighted by atomic mass is 16.5. The van der Waals surface area contributed by atoms with Crippen LogP contribution < -0.4 is 15.6 Å². The molecule has 0 unspecified atom stereocenters. The van der Waals surface area contributed by atoms with Gasteiger partial charge < -0.3 is 10.1 Å². The fraction of sp³-hybridized carbons (Fsp3) is 0.500. The largest absolute Gasteiger partial charge is 0.474 e. The molecule has 0 saturated heterocycles. The van der Waals surface area contributed by atoms with Gasteiger partial charge >= 0.3 is 0 Å². The van der Waals surface area contributed by atoms with Gasteiger partial charge in [0.25, 0.3) is 5.56 Å². The van der Waals surface area contributed by atoms with Crippen molar-refractivity contribution < 1.29 is 4.74 Å². The standard InChI is InChI=1S/C20H26N6O2/c1-20(2,3)26-16-15(12-23-26)17(27)25-19(24-16)22-11-13-7-6-10-21-18(13)28-14-8-4-5-9-14/h6-7,10,12,14H,4-5,8-9,11H2,1-3H3,(H2,22,24,25,27). The van der Waals surface area contributed by atoms with Gasteiger partial charge in [0.15, 0.2) is 5.65 Å². The average molecular weight is 382 g/mol. The topological polar surface area (TPSA) is 97.7 Å². The molecule has 2 N–H and O–H groups in total. The summed E-state index contributed by atoms with van der Waals surface area (Å²) in [6, 6.07) is 3.85. The summed E-state index contributed by atoms with van der Waals surface area (Å²) in [5.74, 6) is 1.05. The van der Waals surface area contributed by atoms with Crippen LogP contribution in [0.1, 0.15) is 52.0 Å². The molecule has 8 nitrogen and oxygen atoms in total. The van der Waals surface area contributed by atoms with E-state index in [9.17, 15) is 4.79 Å². The number of fused-ring (bicyclic) bond motifs is 1. The first-order valence-electron chi connectivity index (χ1n) is 9.75. The molecule has 148 valence electrons. The summed E-state index contributed by atoms with van der Waals surface area (Å²) >= 11 is 0. The molecule has 3 heterocycles. The number of hydrogen-bond donors (Lipinski definition) is 2. The Morgan fingerprint density at radius 2 is 2.11 bits per heavy atom. The Bertz CT molecular complexity index is 1030. The van der Waals surface area contributed by atoms with E-state index in [1.165, 1.54) is 12.8 Å². The molecule has 0 bridgehead atoms. The minimum Gasteiger partial charge on any atom is -0.474 e. The highest BCUT2D eigenvalue weighted by molar-refractivity contribution is 5.74. The molecule has 0 spiro atoms. The third-order valence-electron chi connectivity index (χ3n) is 4.95. The van der Waals surface area contributed by atoms with E-state index in [4.69, 9.17) is 4.74 Å². The molecule has 8 heteroatoms. The minimum atomic E-state index is -0.272. The van der Waals surface area contributed by atoms with Crippen molar-refractivity contribution in [2.45, 2.75) is 64.6 Å². The van der Waals surface area contributed by atoms with E-state index in [1.54, 1.807) is 17.1 Å². The Hall–Kier alpha value is -2.90. The molecule has 1 aliphatic rings. The Kier molecular flexibility index (Phi) is 4.78. The lowest BCUT2D eigenvalue weighted by Gasteiger charge is -2.20. The van der Waals surface area contributed by atoms with Gasteiger partial charge in [0.1, 0.15) is 11.5 Å². The van der Waals surface area contributed by atoms with Crippen LogP contribution in [0.5, 0.6) is 5.88 Å². The highest BCUT2D eigenvalue weighted by Crippen LogP contribution is 2.25. The van der Waals surface area contributed by atoms with Crippen LogP contribution in [0.4, 0.5) is 5.95 Å². The van der Waals surface area contributed by atoms with E-state index in [0.29, 0.717) is 29.4 Å². The van der Waals surface area contributed by atoms with Crippen LogP contribution in [0, 0.1) is 0 Å². The van der Waals surface area contributed by atoms with Gasteiger partial charge in [-0.15, -0.1) is 0 Å². The second-order valence-corrected chi connectivity index (χ2v) is 8.22. The fourth-order valence-electron chi connectivity index (χ4n) is 3.50. The van der Waals surface area contributed by atoms with Crippen molar-refractivity contribution in [1.29, 1.82) is 0 Å². The summed E-state index contributed by atoms with van der Waals surface area (Å²) in [6.07, 6.45) is 8.10. The van der Waals surface area contributed by atoms with Gasteiger partial charge in [0, 0.05) is 18.3 Å². The molecule has 0 aromatic carbocycles. The molecule has 0 atom stereocenters. The lowest BCUT2D eigenvalue weighted by atomic mass is 10.1. The Labute approximate surface area is 163 Å². The second-order valence-electron chi connectivity index (χ2n) is 8.22. The van der Waals surface area contributed by atoms with Crippen LogP contribution >= 0.6 is 0 Å². The van der Waals surface area contributed by atoms with Crippen LogP contribution in [0.3, 0.4) is 0 Å². The first kappa shape index (κ1) is 18.5. The minimum absolute atomic E-state index is 0.211. The number of pyridine rings is 1. The molecule has 1 fully saturated rings. The highest BCUT2D eigenvalue weighted by Gasteiger charge is 2.21. The first-order chi connectivity index (χ1) is 13.4. The lowest BCUT2D eigenvalue weighted by molar-refractivity contribution is 0.199. The molecule has 1 aliphatic carbocycles. The van der Waals surface area contributed by atoms with Gasteiger partial charge in [-0.25, -0.2) is 9.67 Å². The van der Waals surface area contributed by atoms with Crippen molar-refractivity contribution in [3.05, 3.63) is 40.4 Å². The molecule has 3 aromatic rings. The molecule has 3 aromatic heterocycles. The maximum atomic E-state index is 12.4. The van der Waals surface area contributed by atoms with Gasteiger partial charge in [0.05, 0.1) is 11.7 Å². The number of H-pyrrole nitrogens is 1. The van der Waals surface area contributed by atoms with Crippen LogP contribution in [-0.4, -0.2) is 30.8 Å². The van der Waals surface area contributed by atoms with E-state index in [2.05, 4.69) is 25.4 Å². The number of ether oxygens (including phenoxy) is 1. The maximum absolute atomic E-state index is 12.4. The van der Waals surface area contributed by atoms with Gasteiger partial charge in [-0.2, -0.15) is 10.1 Å². The molecular formula is C20H26N6O2. The summed E-state index contributed by atoms with van der Waals surface area (Å²) < 4.78 is 7.85. The Morgan fingerprint density at radius 1 is 1.32 bits per heavy atom.